The van der Waals surface area contributed by atoms with Crippen molar-refractivity contribution in [3.8, 4) is 0 Å². The molecule has 0 radical (unpaired) electrons. The van der Waals surface area contributed by atoms with Gasteiger partial charge in [0.05, 0.1) is 0 Å². The molecule has 0 aliphatic heterocycles. The number of hydrogen-bond donors (Lipinski definition) is 1. The van der Waals surface area contributed by atoms with Crippen LogP contribution in [0, 0.1) is 0 Å². The maximum atomic E-state index is 3.70. The van der Waals surface area contributed by atoms with Crippen LogP contribution in [0.2, 0.25) is 0 Å². The fraction of sp³-hybridized carbons (Fsp3) is 1.00. The van der Waals surface area contributed by atoms with Gasteiger partial charge in [-0.3, -0.25) is 4.90 Å². The minimum absolute atomic E-state index is 0.711. The Morgan fingerprint density at radius 1 is 1.21 bits per heavy atom. The molecule has 0 heterocycles. The third-order valence-electron chi connectivity index (χ3n) is 3.88. The third-order valence-corrected chi connectivity index (χ3v) is 3.88. The molecule has 0 saturated heterocycles. The summed E-state index contributed by atoms with van der Waals surface area (Å²) in [4.78, 5) is 2.54. The summed E-state index contributed by atoms with van der Waals surface area (Å²) in [6.45, 7) is 3.53. The topological polar surface area (TPSA) is 15.3 Å². The minimum atomic E-state index is 0.711. The van der Waals surface area contributed by atoms with Gasteiger partial charge in [0.25, 0.3) is 0 Å². The van der Waals surface area contributed by atoms with Crippen LogP contribution in [0.25, 0.3) is 0 Å². The van der Waals surface area contributed by atoms with E-state index in [1.54, 1.807) is 0 Å². The van der Waals surface area contributed by atoms with Crippen molar-refractivity contribution in [1.82, 2.24) is 10.2 Å². The predicted molar refractivity (Wildman–Crippen MR) is 60.5 cm³/mol. The molecular weight excluding hydrogens is 172 g/mol. The zero-order valence-electron chi connectivity index (χ0n) is 9.63. The highest BCUT2D eigenvalue weighted by atomic mass is 15.2. The molecular formula is C12H24N2. The van der Waals surface area contributed by atoms with E-state index >= 15 is 0 Å². The Morgan fingerprint density at radius 2 is 1.86 bits per heavy atom. The van der Waals surface area contributed by atoms with E-state index in [0.717, 1.165) is 12.1 Å². The molecule has 2 nitrogen and oxygen atoms in total. The molecule has 2 rings (SSSR count). The second-order valence-electron chi connectivity index (χ2n) is 5.14. The Kier molecular flexibility index (Phi) is 3.45. The van der Waals surface area contributed by atoms with Gasteiger partial charge in [-0.2, -0.15) is 0 Å². The largest absolute Gasteiger partial charge is 0.312 e. The molecule has 82 valence electrons. The van der Waals surface area contributed by atoms with Crippen LogP contribution < -0.4 is 5.32 Å². The lowest BCUT2D eigenvalue weighted by Gasteiger charge is -2.26. The van der Waals surface area contributed by atoms with Crippen LogP contribution in [-0.2, 0) is 0 Å². The van der Waals surface area contributed by atoms with E-state index in [0.29, 0.717) is 6.04 Å². The summed E-state index contributed by atoms with van der Waals surface area (Å²) in [6.07, 6.45) is 8.52. The van der Waals surface area contributed by atoms with E-state index in [2.05, 4.69) is 24.2 Å². The second-order valence-corrected chi connectivity index (χ2v) is 5.14. The molecule has 1 atom stereocenters. The van der Waals surface area contributed by atoms with Gasteiger partial charge >= 0.3 is 0 Å². The molecule has 2 heteroatoms. The van der Waals surface area contributed by atoms with Gasteiger partial charge in [-0.25, -0.2) is 0 Å². The molecule has 0 amide bonds. The summed E-state index contributed by atoms with van der Waals surface area (Å²) in [7, 11) is 2.28. The van der Waals surface area contributed by atoms with E-state index in [1.807, 2.05) is 0 Å². The van der Waals surface area contributed by atoms with Gasteiger partial charge in [0, 0.05) is 24.7 Å². The van der Waals surface area contributed by atoms with Crippen LogP contribution in [0.1, 0.15) is 45.4 Å². The number of nitrogens with zero attached hydrogens (tertiary/aromatic N) is 1. The van der Waals surface area contributed by atoms with Gasteiger partial charge in [-0.1, -0.05) is 12.8 Å². The fourth-order valence-corrected chi connectivity index (χ4v) is 2.45. The molecule has 2 saturated carbocycles. The van der Waals surface area contributed by atoms with E-state index in [1.165, 1.54) is 45.1 Å². The average Bonchev–Trinajstić information content (AvgIpc) is 2.91. The number of nitrogens with one attached hydrogen (secondary N) is 1. The van der Waals surface area contributed by atoms with Crippen LogP contribution in [0.15, 0.2) is 0 Å². The Bertz CT molecular complexity index is 171. The quantitative estimate of drug-likeness (QED) is 0.723. The Balaban J connectivity index is 1.63. The molecule has 2 fully saturated rings. The molecule has 1 N–H and O–H groups in total. The van der Waals surface area contributed by atoms with Gasteiger partial charge in [0.1, 0.15) is 0 Å². The molecule has 1 unspecified atom stereocenters. The lowest BCUT2D eigenvalue weighted by Crippen LogP contribution is -2.41. The third kappa shape index (κ3) is 2.71. The molecule has 2 aliphatic rings. The Morgan fingerprint density at radius 3 is 2.43 bits per heavy atom. The summed E-state index contributed by atoms with van der Waals surface area (Å²) in [5, 5.41) is 3.70. The van der Waals surface area contributed by atoms with Crippen LogP contribution in [0.5, 0.6) is 0 Å². The van der Waals surface area contributed by atoms with E-state index < -0.39 is 0 Å². The summed E-state index contributed by atoms with van der Waals surface area (Å²) in [5.41, 5.74) is 0. The van der Waals surface area contributed by atoms with E-state index in [4.69, 9.17) is 0 Å². The van der Waals surface area contributed by atoms with Crippen LogP contribution >= 0.6 is 0 Å². The van der Waals surface area contributed by atoms with Crippen molar-refractivity contribution in [2.45, 2.75) is 63.6 Å². The lowest BCUT2D eigenvalue weighted by atomic mass is 10.2. The van der Waals surface area contributed by atoms with Crippen molar-refractivity contribution in [3.05, 3.63) is 0 Å². The molecule has 0 aromatic rings. The first-order chi connectivity index (χ1) is 6.77. The molecule has 0 aromatic heterocycles. The standard InChI is InChI=1S/C12H24N2/c1-10(14(2)12-7-8-12)9-13-11-5-3-4-6-11/h10-13H,3-9H2,1-2H3. The Hall–Kier alpha value is -0.0800. The predicted octanol–water partition coefficient (Wildman–Crippen LogP) is 2.00. The summed E-state index contributed by atoms with van der Waals surface area (Å²) >= 11 is 0. The van der Waals surface area contributed by atoms with Crippen molar-refractivity contribution in [2.75, 3.05) is 13.6 Å². The molecule has 0 spiro atoms. The molecule has 14 heavy (non-hydrogen) atoms. The number of rotatable bonds is 5. The first kappa shape index (κ1) is 10.4. The van der Waals surface area contributed by atoms with Gasteiger partial charge in [-0.15, -0.1) is 0 Å². The molecule has 2 aliphatic carbocycles. The highest BCUT2D eigenvalue weighted by Gasteiger charge is 2.29. The Labute approximate surface area is 88.1 Å². The normalized spacial score (nSPS) is 25.9. The monoisotopic (exact) mass is 196 g/mol. The number of likely N-dealkylation sites (N-methyl/N-ethyl adjacent to an activating group) is 1. The lowest BCUT2D eigenvalue weighted by molar-refractivity contribution is 0.235. The SMILES string of the molecule is CC(CNC1CCCC1)N(C)C1CC1. The first-order valence-corrected chi connectivity index (χ1v) is 6.22. The van der Waals surface area contributed by atoms with Crippen LogP contribution in [0.3, 0.4) is 0 Å². The zero-order chi connectivity index (χ0) is 9.97. The maximum absolute atomic E-state index is 3.70. The molecule has 0 bridgehead atoms. The highest BCUT2D eigenvalue weighted by molar-refractivity contribution is 4.86. The van der Waals surface area contributed by atoms with Crippen molar-refractivity contribution < 1.29 is 0 Å². The van der Waals surface area contributed by atoms with Gasteiger partial charge in [-0.05, 0) is 39.7 Å². The highest BCUT2D eigenvalue weighted by Crippen LogP contribution is 2.26. The zero-order valence-corrected chi connectivity index (χ0v) is 9.63. The number of hydrogen-bond acceptors (Lipinski definition) is 2. The van der Waals surface area contributed by atoms with Crippen molar-refractivity contribution in [2.24, 2.45) is 0 Å². The summed E-state index contributed by atoms with van der Waals surface area (Å²) in [5.74, 6) is 0. The van der Waals surface area contributed by atoms with Crippen LogP contribution in [-0.4, -0.2) is 36.6 Å². The maximum Gasteiger partial charge on any atom is 0.0192 e. The van der Waals surface area contributed by atoms with E-state index in [9.17, 15) is 0 Å². The van der Waals surface area contributed by atoms with Gasteiger partial charge < -0.3 is 5.32 Å². The summed E-state index contributed by atoms with van der Waals surface area (Å²) in [6, 6.07) is 2.43. The smallest absolute Gasteiger partial charge is 0.0192 e. The van der Waals surface area contributed by atoms with Crippen molar-refractivity contribution >= 4 is 0 Å². The molecule has 0 aromatic carbocycles. The first-order valence-electron chi connectivity index (χ1n) is 6.22. The van der Waals surface area contributed by atoms with Crippen molar-refractivity contribution in [3.63, 3.8) is 0 Å². The fourth-order valence-electron chi connectivity index (χ4n) is 2.45. The van der Waals surface area contributed by atoms with Gasteiger partial charge in [0.2, 0.25) is 0 Å². The van der Waals surface area contributed by atoms with Crippen LogP contribution in [0.4, 0.5) is 0 Å². The summed E-state index contributed by atoms with van der Waals surface area (Å²) < 4.78 is 0. The minimum Gasteiger partial charge on any atom is -0.312 e. The van der Waals surface area contributed by atoms with E-state index in [-0.39, 0.29) is 0 Å². The van der Waals surface area contributed by atoms with Gasteiger partial charge in [0.15, 0.2) is 0 Å². The average molecular weight is 196 g/mol. The second kappa shape index (κ2) is 4.63. The van der Waals surface area contributed by atoms with Crippen molar-refractivity contribution in [1.29, 1.82) is 0 Å².